The number of aryl methyl sites for hydroxylation is 1. The van der Waals surface area contributed by atoms with Crippen LogP contribution in [-0.2, 0) is 19.6 Å². The third kappa shape index (κ3) is 2.25. The van der Waals surface area contributed by atoms with Crippen LogP contribution in [0.25, 0.3) is 17.3 Å². The Morgan fingerprint density at radius 3 is 2.88 bits per heavy atom. The average molecular weight is 375 g/mol. The molecule has 6 nitrogen and oxygen atoms in total. The normalized spacial score (nSPS) is 15.4. The third-order valence-corrected chi connectivity index (χ3v) is 4.99. The second kappa shape index (κ2) is 5.63. The monoisotopic (exact) mass is 374 g/mol. The van der Waals surface area contributed by atoms with E-state index in [9.17, 15) is 8.78 Å². The quantitative estimate of drug-likeness (QED) is 0.644. The van der Waals surface area contributed by atoms with Gasteiger partial charge in [0.15, 0.2) is 5.82 Å². The number of hydrogen-bond donors (Lipinski definition) is 0. The Labute approximate surface area is 152 Å². The first-order valence-corrected chi connectivity index (χ1v) is 8.57. The summed E-state index contributed by atoms with van der Waals surface area (Å²) in [5.74, 6) is -0.721. The van der Waals surface area contributed by atoms with Gasteiger partial charge >= 0.3 is 0 Å². The fourth-order valence-corrected chi connectivity index (χ4v) is 3.67. The van der Waals surface area contributed by atoms with Crippen LogP contribution in [0.3, 0.4) is 0 Å². The maximum absolute atomic E-state index is 14.5. The molecule has 2 aliphatic heterocycles. The highest BCUT2D eigenvalue weighted by Gasteiger charge is 2.29. The SMILES string of the molecule is Fc1cc(F)c(-c2nn3c(c2N2C=Cc4ncnn4C2)CCC3)cc1Cl. The van der Waals surface area contributed by atoms with Crippen molar-refractivity contribution in [2.24, 2.45) is 0 Å². The molecule has 3 aromatic rings. The molecule has 0 atom stereocenters. The van der Waals surface area contributed by atoms with Crippen molar-refractivity contribution in [3.63, 3.8) is 0 Å². The molecular weight excluding hydrogens is 362 g/mol. The van der Waals surface area contributed by atoms with Gasteiger partial charge in [-0.2, -0.15) is 10.2 Å². The second-order valence-electron chi connectivity index (χ2n) is 6.26. The molecule has 0 aliphatic carbocycles. The van der Waals surface area contributed by atoms with Gasteiger partial charge in [-0.15, -0.1) is 0 Å². The Bertz CT molecular complexity index is 1050. The summed E-state index contributed by atoms with van der Waals surface area (Å²) in [5.41, 5.74) is 2.45. The van der Waals surface area contributed by atoms with Crippen LogP contribution in [-0.4, -0.2) is 24.5 Å². The number of rotatable bonds is 2. The third-order valence-electron chi connectivity index (χ3n) is 4.70. The minimum absolute atomic E-state index is 0.131. The molecule has 9 heteroatoms. The number of hydrogen-bond acceptors (Lipinski definition) is 4. The molecule has 132 valence electrons. The predicted molar refractivity (Wildman–Crippen MR) is 92.4 cm³/mol. The van der Waals surface area contributed by atoms with Crippen molar-refractivity contribution in [3.8, 4) is 11.3 Å². The first-order chi connectivity index (χ1) is 12.6. The maximum atomic E-state index is 14.5. The summed E-state index contributed by atoms with van der Waals surface area (Å²) in [6, 6.07) is 2.09. The highest BCUT2D eigenvalue weighted by atomic mass is 35.5. The van der Waals surface area contributed by atoms with Crippen molar-refractivity contribution in [1.82, 2.24) is 24.5 Å². The lowest BCUT2D eigenvalue weighted by Crippen LogP contribution is -2.26. The first kappa shape index (κ1) is 15.5. The summed E-state index contributed by atoms with van der Waals surface area (Å²) in [4.78, 5) is 6.12. The molecule has 0 saturated carbocycles. The number of nitrogens with zero attached hydrogens (tertiary/aromatic N) is 6. The van der Waals surface area contributed by atoms with Crippen LogP contribution in [0.4, 0.5) is 14.5 Å². The van der Waals surface area contributed by atoms with Crippen LogP contribution < -0.4 is 4.90 Å². The van der Waals surface area contributed by atoms with Gasteiger partial charge < -0.3 is 4.90 Å². The maximum Gasteiger partial charge on any atom is 0.154 e. The van der Waals surface area contributed by atoms with E-state index in [1.165, 1.54) is 12.4 Å². The van der Waals surface area contributed by atoms with E-state index in [0.717, 1.165) is 42.7 Å². The Morgan fingerprint density at radius 2 is 2.00 bits per heavy atom. The highest BCUT2D eigenvalue weighted by molar-refractivity contribution is 6.31. The van der Waals surface area contributed by atoms with Crippen LogP contribution in [0.15, 0.2) is 24.7 Å². The molecule has 0 fully saturated rings. The van der Waals surface area contributed by atoms with Crippen molar-refractivity contribution in [1.29, 1.82) is 0 Å². The van der Waals surface area contributed by atoms with Gasteiger partial charge in [0.1, 0.15) is 30.3 Å². The van der Waals surface area contributed by atoms with E-state index in [1.807, 2.05) is 21.9 Å². The Kier molecular flexibility index (Phi) is 3.36. The average Bonchev–Trinajstić information content (AvgIpc) is 3.32. The molecular formula is C17H13ClF2N6. The lowest BCUT2D eigenvalue weighted by Gasteiger charge is -2.25. The molecule has 0 spiro atoms. The molecule has 0 radical (unpaired) electrons. The van der Waals surface area contributed by atoms with Crippen molar-refractivity contribution in [2.75, 3.05) is 4.90 Å². The molecule has 4 heterocycles. The zero-order chi connectivity index (χ0) is 17.8. The number of anilines is 1. The van der Waals surface area contributed by atoms with E-state index in [2.05, 4.69) is 15.2 Å². The smallest absolute Gasteiger partial charge is 0.154 e. The zero-order valence-electron chi connectivity index (χ0n) is 13.5. The van der Waals surface area contributed by atoms with Crippen LogP contribution in [0.2, 0.25) is 5.02 Å². The molecule has 1 aromatic carbocycles. The number of halogens is 3. The predicted octanol–water partition coefficient (Wildman–Crippen LogP) is 3.47. The Hall–Kier alpha value is -2.74. The summed E-state index contributed by atoms with van der Waals surface area (Å²) in [7, 11) is 0. The van der Waals surface area contributed by atoms with Gasteiger partial charge in [0.2, 0.25) is 0 Å². The molecule has 5 rings (SSSR count). The first-order valence-electron chi connectivity index (χ1n) is 8.19. The summed E-state index contributed by atoms with van der Waals surface area (Å²) in [6.07, 6.45) is 7.04. The molecule has 0 bridgehead atoms. The summed E-state index contributed by atoms with van der Waals surface area (Å²) >= 11 is 5.89. The molecule has 0 amide bonds. The molecule has 2 aliphatic rings. The standard InChI is InChI=1S/C17H13ClF2N6/c18-11-6-10(12(19)7-13(11)20)16-17(14-2-1-4-25(14)23-16)24-5-3-15-21-8-22-26(15)9-24/h3,5-8H,1-2,4,9H2. The van der Waals surface area contributed by atoms with Crippen LogP contribution in [0.5, 0.6) is 0 Å². The zero-order valence-corrected chi connectivity index (χ0v) is 14.3. The molecule has 2 aromatic heterocycles. The van der Waals surface area contributed by atoms with Crippen molar-refractivity contribution in [2.45, 2.75) is 26.1 Å². The molecule has 0 saturated heterocycles. The topological polar surface area (TPSA) is 51.8 Å². The van der Waals surface area contributed by atoms with Crippen LogP contribution in [0, 0.1) is 11.6 Å². The van der Waals surface area contributed by atoms with Gasteiger partial charge in [-0.05, 0) is 25.0 Å². The number of aromatic nitrogens is 5. The molecule has 0 unspecified atom stereocenters. The van der Waals surface area contributed by atoms with Crippen molar-refractivity contribution in [3.05, 3.63) is 52.8 Å². The van der Waals surface area contributed by atoms with E-state index in [-0.39, 0.29) is 10.6 Å². The second-order valence-corrected chi connectivity index (χ2v) is 6.67. The summed E-state index contributed by atoms with van der Waals surface area (Å²) < 4.78 is 31.7. The number of benzene rings is 1. The minimum atomic E-state index is -0.786. The van der Waals surface area contributed by atoms with Crippen molar-refractivity contribution < 1.29 is 8.78 Å². The van der Waals surface area contributed by atoms with Gasteiger partial charge in [0, 0.05) is 24.4 Å². The van der Waals surface area contributed by atoms with Gasteiger partial charge in [-0.1, -0.05) is 11.6 Å². The van der Waals surface area contributed by atoms with E-state index in [0.29, 0.717) is 12.4 Å². The van der Waals surface area contributed by atoms with Crippen LogP contribution >= 0.6 is 11.6 Å². The Balaban J connectivity index is 1.68. The van der Waals surface area contributed by atoms with E-state index in [4.69, 9.17) is 11.6 Å². The lowest BCUT2D eigenvalue weighted by atomic mass is 10.1. The highest BCUT2D eigenvalue weighted by Crippen LogP contribution is 2.40. The lowest BCUT2D eigenvalue weighted by molar-refractivity contribution is 0.584. The van der Waals surface area contributed by atoms with E-state index < -0.39 is 11.6 Å². The van der Waals surface area contributed by atoms with E-state index in [1.54, 1.807) is 4.68 Å². The summed E-state index contributed by atoms with van der Waals surface area (Å²) in [6.45, 7) is 1.21. The Morgan fingerprint density at radius 1 is 1.12 bits per heavy atom. The van der Waals surface area contributed by atoms with E-state index >= 15 is 0 Å². The number of fused-ring (bicyclic) bond motifs is 2. The van der Waals surface area contributed by atoms with Gasteiger partial charge in [-0.25, -0.2) is 18.4 Å². The van der Waals surface area contributed by atoms with Gasteiger partial charge in [-0.3, -0.25) is 4.68 Å². The fraction of sp³-hybridized carbons (Fsp3) is 0.235. The van der Waals surface area contributed by atoms with Crippen molar-refractivity contribution >= 4 is 23.4 Å². The van der Waals surface area contributed by atoms with Gasteiger partial charge in [0.05, 0.1) is 16.4 Å². The largest absolute Gasteiger partial charge is 0.324 e. The van der Waals surface area contributed by atoms with Gasteiger partial charge in [0.25, 0.3) is 0 Å². The molecule has 0 N–H and O–H groups in total. The van der Waals surface area contributed by atoms with Crippen LogP contribution in [0.1, 0.15) is 17.9 Å². The fourth-order valence-electron chi connectivity index (χ4n) is 3.51. The summed E-state index contributed by atoms with van der Waals surface area (Å²) in [5, 5.41) is 8.65. The molecule has 26 heavy (non-hydrogen) atoms. The minimum Gasteiger partial charge on any atom is -0.324 e.